The van der Waals surface area contributed by atoms with Crippen molar-refractivity contribution >= 4 is 35.0 Å². The number of hydrogen-bond donors (Lipinski definition) is 3. The van der Waals surface area contributed by atoms with Gasteiger partial charge in [0.25, 0.3) is 0 Å². The van der Waals surface area contributed by atoms with Gasteiger partial charge in [0.1, 0.15) is 5.75 Å². The summed E-state index contributed by atoms with van der Waals surface area (Å²) in [6.07, 6.45) is 0.392. The SMILES string of the molecule is COC(=O)CCc1ccc(O)c2c1C[C@H]1C[C@H]3[C@H](N(C)C)C(=O)C(C(N)=O)C(=O)[C@@]3(O)C(=O)C1C2=O. The molecule has 1 amide bonds. The van der Waals surface area contributed by atoms with Gasteiger partial charge in [0.15, 0.2) is 34.7 Å². The molecular weight excluding hydrogens is 472 g/mol. The zero-order valence-electron chi connectivity index (χ0n) is 20.1. The number of rotatable bonds is 5. The van der Waals surface area contributed by atoms with Gasteiger partial charge >= 0.3 is 5.97 Å². The summed E-state index contributed by atoms with van der Waals surface area (Å²) >= 11 is 0. The Morgan fingerprint density at radius 1 is 1.17 bits per heavy atom. The number of ketones is 4. The number of amides is 1. The molecule has 2 unspecified atom stereocenters. The number of aryl methyl sites for hydroxylation is 1. The molecule has 3 aliphatic rings. The molecule has 0 aromatic heterocycles. The molecule has 0 radical (unpaired) electrons. The second-order valence-corrected chi connectivity index (χ2v) is 9.96. The Morgan fingerprint density at radius 2 is 1.83 bits per heavy atom. The first-order valence-corrected chi connectivity index (χ1v) is 11.6. The zero-order valence-corrected chi connectivity index (χ0v) is 20.1. The average Bonchev–Trinajstić information content (AvgIpc) is 2.80. The summed E-state index contributed by atoms with van der Waals surface area (Å²) in [6.45, 7) is 0. The summed E-state index contributed by atoms with van der Waals surface area (Å²) in [4.78, 5) is 78.7. The Morgan fingerprint density at radius 3 is 2.42 bits per heavy atom. The van der Waals surface area contributed by atoms with Crippen LogP contribution >= 0.6 is 0 Å². The van der Waals surface area contributed by atoms with Crippen LogP contribution in [0.15, 0.2) is 12.1 Å². The number of ether oxygens (including phenoxy) is 1. The second kappa shape index (κ2) is 8.90. The Balaban J connectivity index is 1.81. The van der Waals surface area contributed by atoms with Crippen LogP contribution in [0.1, 0.15) is 34.3 Å². The van der Waals surface area contributed by atoms with E-state index in [-0.39, 0.29) is 37.0 Å². The van der Waals surface area contributed by atoms with Gasteiger partial charge in [0.05, 0.1) is 24.6 Å². The number of aromatic hydroxyl groups is 1. The molecule has 36 heavy (non-hydrogen) atoms. The van der Waals surface area contributed by atoms with E-state index in [1.807, 2.05) is 0 Å². The maximum atomic E-state index is 13.7. The minimum Gasteiger partial charge on any atom is -0.507 e. The number of methoxy groups -OCH3 is 1. The Hall–Kier alpha value is -3.44. The van der Waals surface area contributed by atoms with Crippen molar-refractivity contribution in [2.45, 2.75) is 37.3 Å². The number of esters is 1. The van der Waals surface area contributed by atoms with Crippen LogP contribution in [0.5, 0.6) is 5.75 Å². The van der Waals surface area contributed by atoms with Gasteiger partial charge in [-0.05, 0) is 56.5 Å². The number of hydrogen-bond acceptors (Lipinski definition) is 10. The van der Waals surface area contributed by atoms with E-state index in [9.17, 15) is 39.0 Å². The average molecular weight is 501 g/mol. The van der Waals surface area contributed by atoms with Crippen LogP contribution in [-0.2, 0) is 41.6 Å². The number of nitrogens with two attached hydrogens (primary N) is 1. The molecule has 0 aliphatic heterocycles. The first-order valence-electron chi connectivity index (χ1n) is 11.6. The van der Waals surface area contributed by atoms with Gasteiger partial charge in [-0.3, -0.25) is 33.7 Å². The van der Waals surface area contributed by atoms with Crippen LogP contribution < -0.4 is 5.73 Å². The molecule has 0 heterocycles. The van der Waals surface area contributed by atoms with E-state index in [1.165, 1.54) is 32.2 Å². The summed E-state index contributed by atoms with van der Waals surface area (Å²) < 4.78 is 4.68. The van der Waals surface area contributed by atoms with Crippen LogP contribution in [0, 0.1) is 23.7 Å². The topological polar surface area (TPSA) is 181 Å². The molecule has 192 valence electrons. The van der Waals surface area contributed by atoms with E-state index in [0.29, 0.717) is 11.1 Å². The highest BCUT2D eigenvalue weighted by Gasteiger charge is 2.69. The molecule has 0 spiro atoms. The fourth-order valence-electron chi connectivity index (χ4n) is 6.24. The number of aliphatic hydroxyl groups is 1. The van der Waals surface area contributed by atoms with Crippen LogP contribution in [0.2, 0.25) is 0 Å². The number of nitrogens with zero attached hydrogens (tertiary/aromatic N) is 1. The quantitative estimate of drug-likeness (QED) is 0.334. The highest BCUT2D eigenvalue weighted by atomic mass is 16.5. The van der Waals surface area contributed by atoms with Crippen molar-refractivity contribution in [2.75, 3.05) is 21.2 Å². The second-order valence-electron chi connectivity index (χ2n) is 9.96. The molecule has 2 saturated carbocycles. The van der Waals surface area contributed by atoms with Crippen LogP contribution in [-0.4, -0.2) is 83.0 Å². The smallest absolute Gasteiger partial charge is 0.305 e. The highest BCUT2D eigenvalue weighted by Crippen LogP contribution is 2.51. The predicted molar refractivity (Wildman–Crippen MR) is 122 cm³/mol. The molecule has 1 aromatic carbocycles. The van der Waals surface area contributed by atoms with Crippen LogP contribution in [0.25, 0.3) is 0 Å². The number of phenols is 1. The van der Waals surface area contributed by atoms with Crippen LogP contribution in [0.3, 0.4) is 0 Å². The van der Waals surface area contributed by atoms with Crippen molar-refractivity contribution in [2.24, 2.45) is 29.4 Å². The number of benzene rings is 1. The standard InChI is InChI=1S/C25H28N2O9/c1-27(2)19-13-9-11-8-12-10(5-7-15(29)36-3)4-6-14(28)17(12)20(30)16(11)22(32)25(13,35)23(33)18(21(19)31)24(26)34/h4,6,11,13,16,18-19,28,35H,5,7-9H2,1-3H3,(H2,26,34)/t11-,13-,16?,18?,19-,25-/m0/s1. The van der Waals surface area contributed by atoms with Crippen molar-refractivity contribution in [3.63, 3.8) is 0 Å². The van der Waals surface area contributed by atoms with Crippen molar-refractivity contribution in [1.82, 2.24) is 4.90 Å². The number of primary amides is 1. The number of fused-ring (bicyclic) bond motifs is 3. The number of likely N-dealkylation sites (N-methyl/N-ethyl adjacent to an activating group) is 1. The fraction of sp³-hybridized carbons (Fsp3) is 0.520. The van der Waals surface area contributed by atoms with Crippen molar-refractivity contribution in [3.8, 4) is 5.75 Å². The van der Waals surface area contributed by atoms with E-state index in [2.05, 4.69) is 4.74 Å². The third-order valence-corrected chi connectivity index (χ3v) is 7.87. The Bertz CT molecular complexity index is 1210. The predicted octanol–water partition coefficient (Wildman–Crippen LogP) is -1.03. The van der Waals surface area contributed by atoms with E-state index >= 15 is 0 Å². The van der Waals surface area contributed by atoms with Gasteiger partial charge in [-0.25, -0.2) is 0 Å². The first kappa shape index (κ1) is 25.6. The summed E-state index contributed by atoms with van der Waals surface area (Å²) in [6, 6.07) is 1.73. The Labute approximate surface area is 206 Å². The van der Waals surface area contributed by atoms with E-state index in [4.69, 9.17) is 5.73 Å². The molecule has 4 rings (SSSR count). The monoisotopic (exact) mass is 500 g/mol. The number of carbonyl (C=O) groups is 6. The lowest BCUT2D eigenvalue weighted by atomic mass is 9.52. The first-order chi connectivity index (χ1) is 16.9. The molecule has 2 fully saturated rings. The molecule has 4 N–H and O–H groups in total. The summed E-state index contributed by atoms with van der Waals surface area (Å²) in [5, 5.41) is 22.0. The van der Waals surface area contributed by atoms with Crippen molar-refractivity contribution < 1.29 is 43.7 Å². The minimum absolute atomic E-state index is 0.0318. The molecule has 0 saturated heterocycles. The fourth-order valence-corrected chi connectivity index (χ4v) is 6.24. The largest absolute Gasteiger partial charge is 0.507 e. The number of phenolic OH excluding ortho intramolecular Hbond substituents is 1. The third kappa shape index (κ3) is 3.56. The number of carbonyl (C=O) groups excluding carboxylic acids is 6. The lowest BCUT2D eigenvalue weighted by Gasteiger charge is -2.52. The molecular formula is C25H28N2O9. The highest BCUT2D eigenvalue weighted by molar-refractivity contribution is 6.32. The van der Waals surface area contributed by atoms with Gasteiger partial charge < -0.3 is 20.7 Å². The molecule has 11 heteroatoms. The van der Waals surface area contributed by atoms with Gasteiger partial charge in [-0.15, -0.1) is 0 Å². The third-order valence-electron chi connectivity index (χ3n) is 7.87. The molecule has 3 aliphatic carbocycles. The molecule has 0 bridgehead atoms. The van der Waals surface area contributed by atoms with Gasteiger partial charge in [0.2, 0.25) is 5.91 Å². The van der Waals surface area contributed by atoms with Crippen LogP contribution in [0.4, 0.5) is 0 Å². The lowest BCUT2D eigenvalue weighted by Crippen LogP contribution is -2.74. The summed E-state index contributed by atoms with van der Waals surface area (Å²) in [5.41, 5.74) is 3.56. The van der Waals surface area contributed by atoms with Crippen molar-refractivity contribution in [3.05, 3.63) is 28.8 Å². The van der Waals surface area contributed by atoms with Gasteiger partial charge in [-0.2, -0.15) is 0 Å². The number of Topliss-reactive ketones (excluding diaryl/α,β-unsaturated/α-hetero) is 4. The minimum atomic E-state index is -2.75. The molecule has 11 nitrogen and oxygen atoms in total. The van der Waals surface area contributed by atoms with E-state index in [1.54, 1.807) is 6.07 Å². The molecule has 1 aromatic rings. The van der Waals surface area contributed by atoms with E-state index < -0.39 is 70.3 Å². The maximum Gasteiger partial charge on any atom is 0.305 e. The summed E-state index contributed by atoms with van der Waals surface area (Å²) in [7, 11) is 4.31. The maximum absolute atomic E-state index is 13.7. The van der Waals surface area contributed by atoms with Crippen molar-refractivity contribution in [1.29, 1.82) is 0 Å². The Kier molecular flexibility index (Phi) is 6.34. The zero-order chi connectivity index (χ0) is 26.7. The van der Waals surface area contributed by atoms with E-state index in [0.717, 1.165) is 0 Å². The normalized spacial score (nSPS) is 31.5. The lowest BCUT2D eigenvalue weighted by molar-refractivity contribution is -0.181. The van der Waals surface area contributed by atoms with Gasteiger partial charge in [0, 0.05) is 12.3 Å². The summed E-state index contributed by atoms with van der Waals surface area (Å²) in [5.74, 6) is -11.3. The molecule has 6 atom stereocenters. The van der Waals surface area contributed by atoms with Gasteiger partial charge in [-0.1, -0.05) is 6.07 Å².